The fraction of sp³-hybridized carbons (Fsp3) is 0.812. The highest BCUT2D eigenvalue weighted by molar-refractivity contribution is 7.11. The number of rotatable bonds is 4. The number of fused-ring (bicyclic) bond motifs is 1. The third-order valence-electron chi connectivity index (χ3n) is 4.49. The zero-order chi connectivity index (χ0) is 14.9. The summed E-state index contributed by atoms with van der Waals surface area (Å²) in [6.07, 6.45) is 6.99. The lowest BCUT2D eigenvalue weighted by Crippen LogP contribution is -2.52. The molecule has 1 aromatic heterocycles. The minimum atomic E-state index is -0.557. The Bertz CT molecular complexity index is 464. The van der Waals surface area contributed by atoms with Crippen LogP contribution in [0.3, 0.4) is 0 Å². The lowest BCUT2D eigenvalue weighted by atomic mass is 9.92. The van der Waals surface area contributed by atoms with Crippen LogP contribution in [0.1, 0.15) is 41.3 Å². The van der Waals surface area contributed by atoms with E-state index in [1.165, 1.54) is 34.8 Å². The molecule has 0 unspecified atom stereocenters. The fourth-order valence-corrected chi connectivity index (χ4v) is 4.92. The number of likely N-dealkylation sites (tertiary alicyclic amines) is 1. The van der Waals surface area contributed by atoms with Gasteiger partial charge in [0.05, 0.1) is 17.8 Å². The Hall–Kier alpha value is -0.490. The summed E-state index contributed by atoms with van der Waals surface area (Å²) in [6.45, 7) is 3.51. The topological polar surface area (TPSA) is 39.6 Å². The van der Waals surface area contributed by atoms with Gasteiger partial charge in [-0.05, 0) is 59.2 Å². The van der Waals surface area contributed by atoms with Crippen LogP contribution in [0.2, 0.25) is 0 Å². The number of β-amino-alcohol motifs (C(OH)–C–C–N with tert-alkyl or cyclic N) is 1. The van der Waals surface area contributed by atoms with Crippen LogP contribution in [0, 0.1) is 0 Å². The molecule has 0 saturated carbocycles. The highest BCUT2D eigenvalue weighted by Gasteiger charge is 2.34. The molecule has 2 heterocycles. The van der Waals surface area contributed by atoms with Crippen LogP contribution >= 0.6 is 11.3 Å². The number of likely N-dealkylation sites (N-methyl/N-ethyl adjacent to an activating group) is 1. The van der Waals surface area contributed by atoms with Gasteiger partial charge in [0.2, 0.25) is 0 Å². The molecule has 2 aliphatic rings. The monoisotopic (exact) mass is 309 g/mol. The van der Waals surface area contributed by atoms with Gasteiger partial charge in [0.15, 0.2) is 0 Å². The van der Waals surface area contributed by atoms with Gasteiger partial charge in [0.1, 0.15) is 5.01 Å². The van der Waals surface area contributed by atoms with Crippen molar-refractivity contribution in [3.8, 4) is 0 Å². The Kier molecular flexibility index (Phi) is 4.64. The van der Waals surface area contributed by atoms with E-state index in [2.05, 4.69) is 9.80 Å². The molecule has 0 aromatic carbocycles. The Morgan fingerprint density at radius 2 is 2.10 bits per heavy atom. The van der Waals surface area contributed by atoms with Crippen LogP contribution in [-0.4, -0.2) is 59.2 Å². The maximum Gasteiger partial charge on any atom is 0.107 e. The molecule has 0 spiro atoms. The van der Waals surface area contributed by atoms with Gasteiger partial charge in [-0.15, -0.1) is 11.3 Å². The maximum atomic E-state index is 10.8. The van der Waals surface area contributed by atoms with Crippen LogP contribution in [0.25, 0.3) is 0 Å². The van der Waals surface area contributed by atoms with Crippen LogP contribution in [0.4, 0.5) is 0 Å². The average Bonchev–Trinajstić information content (AvgIpc) is 2.79. The van der Waals surface area contributed by atoms with Crippen molar-refractivity contribution in [3.63, 3.8) is 0 Å². The molecule has 1 atom stereocenters. The third-order valence-corrected chi connectivity index (χ3v) is 5.64. The van der Waals surface area contributed by atoms with Crippen molar-refractivity contribution >= 4 is 11.3 Å². The van der Waals surface area contributed by atoms with Crippen molar-refractivity contribution in [2.24, 2.45) is 0 Å². The minimum Gasteiger partial charge on any atom is -0.387 e. The second kappa shape index (κ2) is 6.32. The Balaban J connectivity index is 1.63. The number of aryl methyl sites for hydroxylation is 2. The van der Waals surface area contributed by atoms with Crippen molar-refractivity contribution in [3.05, 3.63) is 15.6 Å². The normalized spacial score (nSPS) is 27.0. The number of nitrogens with zero attached hydrogens (tertiary/aromatic N) is 3. The summed E-state index contributed by atoms with van der Waals surface area (Å²) < 4.78 is 0. The first kappa shape index (κ1) is 15.4. The highest BCUT2D eigenvalue weighted by Crippen LogP contribution is 2.29. The number of thiazole rings is 1. The first-order valence-electron chi connectivity index (χ1n) is 8.11. The third kappa shape index (κ3) is 3.83. The molecular formula is C16H27N3OS. The minimum absolute atomic E-state index is 0.557. The molecule has 118 valence electrons. The molecule has 1 saturated heterocycles. The Labute approximate surface area is 131 Å². The van der Waals surface area contributed by atoms with Crippen molar-refractivity contribution in [1.29, 1.82) is 0 Å². The zero-order valence-corrected chi connectivity index (χ0v) is 14.1. The maximum absolute atomic E-state index is 10.8. The summed E-state index contributed by atoms with van der Waals surface area (Å²) in [5, 5.41) is 12.0. The van der Waals surface area contributed by atoms with E-state index in [9.17, 15) is 5.11 Å². The molecule has 0 bridgehead atoms. The van der Waals surface area contributed by atoms with E-state index in [0.29, 0.717) is 0 Å². The molecular weight excluding hydrogens is 282 g/mol. The van der Waals surface area contributed by atoms with Crippen molar-refractivity contribution < 1.29 is 5.11 Å². The van der Waals surface area contributed by atoms with Gasteiger partial charge in [-0.25, -0.2) is 4.98 Å². The van der Waals surface area contributed by atoms with E-state index < -0.39 is 5.60 Å². The van der Waals surface area contributed by atoms with Crippen LogP contribution in [-0.2, 0) is 19.4 Å². The Morgan fingerprint density at radius 3 is 2.86 bits per heavy atom. The largest absolute Gasteiger partial charge is 0.387 e. The van der Waals surface area contributed by atoms with Gasteiger partial charge in [-0.2, -0.15) is 0 Å². The first-order valence-corrected chi connectivity index (χ1v) is 8.93. The standard InChI is InChI=1S/C16H27N3OS/c1-18(2)11-16(20)8-5-9-19(12-16)10-15-17-13-6-3-4-7-14(13)21-15/h20H,3-12H2,1-2H3/t16-/m0/s1. The summed E-state index contributed by atoms with van der Waals surface area (Å²) in [5.41, 5.74) is 0.792. The van der Waals surface area contributed by atoms with E-state index in [1.54, 1.807) is 0 Å². The van der Waals surface area contributed by atoms with Crippen LogP contribution in [0.5, 0.6) is 0 Å². The van der Waals surface area contributed by atoms with Gasteiger partial charge in [-0.3, -0.25) is 4.90 Å². The number of piperidine rings is 1. The van der Waals surface area contributed by atoms with E-state index in [4.69, 9.17) is 4.98 Å². The van der Waals surface area contributed by atoms with Crippen LogP contribution in [0.15, 0.2) is 0 Å². The Morgan fingerprint density at radius 1 is 1.29 bits per heavy atom. The van der Waals surface area contributed by atoms with E-state index in [-0.39, 0.29) is 0 Å². The lowest BCUT2D eigenvalue weighted by Gasteiger charge is -2.40. The van der Waals surface area contributed by atoms with E-state index in [0.717, 1.165) is 45.4 Å². The quantitative estimate of drug-likeness (QED) is 0.922. The molecule has 1 aliphatic heterocycles. The van der Waals surface area contributed by atoms with Gasteiger partial charge in [0, 0.05) is 18.0 Å². The SMILES string of the molecule is CN(C)C[C@@]1(O)CCCN(Cc2nc3c(s2)CCCC3)C1. The molecule has 5 heteroatoms. The molecule has 1 aromatic rings. The second-order valence-electron chi connectivity index (χ2n) is 6.96. The van der Waals surface area contributed by atoms with Gasteiger partial charge in [-0.1, -0.05) is 0 Å². The molecule has 1 aliphatic carbocycles. The summed E-state index contributed by atoms with van der Waals surface area (Å²) in [6, 6.07) is 0. The highest BCUT2D eigenvalue weighted by atomic mass is 32.1. The molecule has 21 heavy (non-hydrogen) atoms. The molecule has 1 N–H and O–H groups in total. The van der Waals surface area contributed by atoms with Crippen molar-refractivity contribution in [2.45, 2.75) is 50.7 Å². The zero-order valence-electron chi connectivity index (χ0n) is 13.3. The smallest absolute Gasteiger partial charge is 0.107 e. The summed E-state index contributed by atoms with van der Waals surface area (Å²) in [5.74, 6) is 0. The second-order valence-corrected chi connectivity index (χ2v) is 8.13. The molecule has 4 nitrogen and oxygen atoms in total. The lowest BCUT2D eigenvalue weighted by molar-refractivity contribution is -0.0480. The number of aromatic nitrogens is 1. The van der Waals surface area contributed by atoms with Gasteiger partial charge >= 0.3 is 0 Å². The van der Waals surface area contributed by atoms with Crippen molar-refractivity contribution in [2.75, 3.05) is 33.7 Å². The molecule has 3 rings (SSSR count). The fourth-order valence-electron chi connectivity index (χ4n) is 3.72. The average molecular weight is 309 g/mol. The number of hydrogen-bond acceptors (Lipinski definition) is 5. The summed E-state index contributed by atoms with van der Waals surface area (Å²) >= 11 is 1.90. The predicted octanol–water partition coefficient (Wildman–Crippen LogP) is 1.91. The molecule has 0 amide bonds. The first-order chi connectivity index (χ1) is 10.0. The van der Waals surface area contributed by atoms with Gasteiger partial charge < -0.3 is 10.0 Å². The molecule has 0 radical (unpaired) electrons. The number of hydrogen-bond donors (Lipinski definition) is 1. The predicted molar refractivity (Wildman–Crippen MR) is 86.8 cm³/mol. The summed E-state index contributed by atoms with van der Waals surface area (Å²) in [7, 11) is 4.07. The van der Waals surface area contributed by atoms with E-state index >= 15 is 0 Å². The van der Waals surface area contributed by atoms with E-state index in [1.807, 2.05) is 25.4 Å². The number of aliphatic hydroxyl groups is 1. The summed E-state index contributed by atoms with van der Waals surface area (Å²) in [4.78, 5) is 10.8. The van der Waals surface area contributed by atoms with Crippen LogP contribution < -0.4 is 0 Å². The molecule has 1 fully saturated rings. The van der Waals surface area contributed by atoms with Gasteiger partial charge in [0.25, 0.3) is 0 Å². The van der Waals surface area contributed by atoms with Crippen molar-refractivity contribution in [1.82, 2.24) is 14.8 Å².